The number of carbonyl (C=O) groups excluding carboxylic acids is 2. The van der Waals surface area contributed by atoms with Gasteiger partial charge in [0.25, 0.3) is 5.91 Å². The summed E-state index contributed by atoms with van der Waals surface area (Å²) in [5, 5.41) is 17.2. The quantitative estimate of drug-likeness (QED) is 0.282. The van der Waals surface area contributed by atoms with Crippen LogP contribution >= 0.6 is 0 Å². The van der Waals surface area contributed by atoms with Crippen LogP contribution in [0.5, 0.6) is 5.75 Å². The third kappa shape index (κ3) is 4.85. The van der Waals surface area contributed by atoms with Gasteiger partial charge in [0, 0.05) is 18.7 Å². The Morgan fingerprint density at radius 1 is 1.11 bits per heavy atom. The van der Waals surface area contributed by atoms with Crippen LogP contribution in [0.25, 0.3) is 0 Å². The van der Waals surface area contributed by atoms with Crippen LogP contribution in [-0.2, 0) is 16.1 Å². The lowest BCUT2D eigenvalue weighted by molar-refractivity contribution is -0.386. The molecule has 11 heteroatoms. The van der Waals surface area contributed by atoms with Gasteiger partial charge in [0.05, 0.1) is 36.5 Å². The SMILES string of the molecule is COC(=O)c1cc([N+](=O)[O-])c(=O)n(CC(=O)N2N=C(c3ccccc3)CC2c2ccc(OC)cc2)c1. The number of hydrazone groups is 1. The van der Waals surface area contributed by atoms with E-state index in [4.69, 9.17) is 4.74 Å². The molecule has 2 heterocycles. The molecule has 1 unspecified atom stereocenters. The van der Waals surface area contributed by atoms with Crippen molar-refractivity contribution in [1.82, 2.24) is 9.58 Å². The van der Waals surface area contributed by atoms with Gasteiger partial charge < -0.3 is 9.47 Å². The van der Waals surface area contributed by atoms with E-state index >= 15 is 0 Å². The summed E-state index contributed by atoms with van der Waals surface area (Å²) in [6.45, 7) is -0.567. The molecule has 3 aromatic rings. The third-order valence-corrected chi connectivity index (χ3v) is 5.76. The molecular weight excluding hydrogens is 468 g/mol. The monoisotopic (exact) mass is 490 g/mol. The maximum atomic E-state index is 13.4. The van der Waals surface area contributed by atoms with Crippen LogP contribution < -0.4 is 10.3 Å². The first kappa shape index (κ1) is 24.3. The number of pyridine rings is 1. The molecule has 0 aliphatic carbocycles. The van der Waals surface area contributed by atoms with E-state index in [0.29, 0.717) is 17.9 Å². The summed E-state index contributed by atoms with van der Waals surface area (Å²) in [6.07, 6.45) is 1.48. The Kier molecular flexibility index (Phi) is 6.91. The number of nitrogens with zero attached hydrogens (tertiary/aromatic N) is 4. The molecule has 184 valence electrons. The number of benzene rings is 2. The fourth-order valence-corrected chi connectivity index (χ4v) is 3.95. The molecule has 2 aromatic carbocycles. The Balaban J connectivity index is 1.72. The Morgan fingerprint density at radius 2 is 1.81 bits per heavy atom. The number of rotatable bonds is 7. The van der Waals surface area contributed by atoms with Crippen LogP contribution in [0.4, 0.5) is 5.69 Å². The summed E-state index contributed by atoms with van der Waals surface area (Å²) in [7, 11) is 2.66. The lowest BCUT2D eigenvalue weighted by Gasteiger charge is -2.22. The average Bonchev–Trinajstić information content (AvgIpc) is 3.35. The second-order valence-electron chi connectivity index (χ2n) is 7.94. The van der Waals surface area contributed by atoms with Crippen molar-refractivity contribution in [3.8, 4) is 5.75 Å². The van der Waals surface area contributed by atoms with Gasteiger partial charge in [-0.05, 0) is 23.3 Å². The van der Waals surface area contributed by atoms with Gasteiger partial charge in [0.15, 0.2) is 0 Å². The predicted molar refractivity (Wildman–Crippen MR) is 129 cm³/mol. The summed E-state index contributed by atoms with van der Waals surface area (Å²) in [6, 6.07) is 16.9. The number of methoxy groups -OCH3 is 2. The van der Waals surface area contributed by atoms with Crippen LogP contribution in [0, 0.1) is 10.1 Å². The molecule has 0 saturated heterocycles. The Bertz CT molecular complexity index is 1400. The average molecular weight is 490 g/mol. The molecule has 1 atom stereocenters. The highest BCUT2D eigenvalue weighted by Gasteiger charge is 2.34. The first-order valence-electron chi connectivity index (χ1n) is 10.9. The Labute approximate surface area is 205 Å². The molecule has 0 saturated carbocycles. The van der Waals surface area contributed by atoms with E-state index < -0.39 is 40.6 Å². The smallest absolute Gasteiger partial charge is 0.339 e. The van der Waals surface area contributed by atoms with Crippen LogP contribution in [0.15, 0.2) is 76.8 Å². The van der Waals surface area contributed by atoms with Crippen LogP contribution in [0.1, 0.15) is 33.9 Å². The molecule has 0 fully saturated rings. The molecular formula is C25H22N4O7. The molecule has 36 heavy (non-hydrogen) atoms. The van der Waals surface area contributed by atoms with Crippen molar-refractivity contribution >= 4 is 23.3 Å². The van der Waals surface area contributed by atoms with Crippen LogP contribution in [0.3, 0.4) is 0 Å². The van der Waals surface area contributed by atoms with Crippen LogP contribution in [-0.4, -0.2) is 46.3 Å². The normalized spacial score (nSPS) is 14.8. The van der Waals surface area contributed by atoms with Gasteiger partial charge in [0.2, 0.25) is 0 Å². The molecule has 0 N–H and O–H groups in total. The van der Waals surface area contributed by atoms with E-state index in [1.54, 1.807) is 19.2 Å². The zero-order chi connectivity index (χ0) is 25.8. The van der Waals surface area contributed by atoms with E-state index in [2.05, 4.69) is 9.84 Å². The van der Waals surface area contributed by atoms with Gasteiger partial charge in [-0.2, -0.15) is 5.10 Å². The van der Waals surface area contributed by atoms with Crippen molar-refractivity contribution in [2.75, 3.05) is 14.2 Å². The fraction of sp³-hybridized carbons (Fsp3) is 0.200. The molecule has 1 aliphatic rings. The lowest BCUT2D eigenvalue weighted by atomic mass is 9.98. The molecule has 11 nitrogen and oxygen atoms in total. The maximum Gasteiger partial charge on any atom is 0.339 e. The highest BCUT2D eigenvalue weighted by atomic mass is 16.6. The minimum atomic E-state index is -1.02. The zero-order valence-corrected chi connectivity index (χ0v) is 19.5. The maximum absolute atomic E-state index is 13.4. The van der Waals surface area contributed by atoms with E-state index in [1.165, 1.54) is 5.01 Å². The minimum Gasteiger partial charge on any atom is -0.497 e. The molecule has 0 bridgehead atoms. The van der Waals surface area contributed by atoms with Crippen LogP contribution in [0.2, 0.25) is 0 Å². The number of esters is 1. The Morgan fingerprint density at radius 3 is 2.42 bits per heavy atom. The first-order chi connectivity index (χ1) is 17.3. The number of amides is 1. The fourth-order valence-electron chi connectivity index (χ4n) is 3.95. The number of nitro groups is 1. The molecule has 1 aromatic heterocycles. The van der Waals surface area contributed by atoms with E-state index in [0.717, 1.165) is 35.1 Å². The van der Waals surface area contributed by atoms with E-state index in [-0.39, 0.29) is 5.56 Å². The van der Waals surface area contributed by atoms with E-state index in [9.17, 15) is 24.5 Å². The second-order valence-corrected chi connectivity index (χ2v) is 7.94. The lowest BCUT2D eigenvalue weighted by Crippen LogP contribution is -2.34. The topological polar surface area (TPSA) is 133 Å². The van der Waals surface area contributed by atoms with Gasteiger partial charge in [0.1, 0.15) is 12.3 Å². The van der Waals surface area contributed by atoms with Crippen molar-refractivity contribution < 1.29 is 24.0 Å². The zero-order valence-electron chi connectivity index (χ0n) is 19.5. The molecule has 1 aliphatic heterocycles. The number of ether oxygens (including phenoxy) is 2. The molecule has 0 spiro atoms. The first-order valence-corrected chi connectivity index (χ1v) is 10.9. The third-order valence-electron chi connectivity index (χ3n) is 5.76. The number of hydrogen-bond donors (Lipinski definition) is 0. The molecule has 4 rings (SSSR count). The largest absolute Gasteiger partial charge is 0.497 e. The molecule has 1 amide bonds. The van der Waals surface area contributed by atoms with Crippen molar-refractivity contribution in [3.63, 3.8) is 0 Å². The number of aromatic nitrogens is 1. The van der Waals surface area contributed by atoms with Gasteiger partial charge in [-0.25, -0.2) is 9.80 Å². The van der Waals surface area contributed by atoms with Crippen molar-refractivity contribution in [2.45, 2.75) is 19.0 Å². The van der Waals surface area contributed by atoms with Gasteiger partial charge >= 0.3 is 17.2 Å². The highest BCUT2D eigenvalue weighted by molar-refractivity contribution is 6.03. The summed E-state index contributed by atoms with van der Waals surface area (Å²) >= 11 is 0. The Hall–Kier alpha value is -4.80. The van der Waals surface area contributed by atoms with Gasteiger partial charge in [-0.1, -0.05) is 42.5 Å². The number of carbonyl (C=O) groups is 2. The number of hydrogen-bond acceptors (Lipinski definition) is 8. The highest BCUT2D eigenvalue weighted by Crippen LogP contribution is 2.33. The summed E-state index contributed by atoms with van der Waals surface area (Å²) < 4.78 is 10.7. The van der Waals surface area contributed by atoms with Crippen molar-refractivity contribution in [1.29, 1.82) is 0 Å². The van der Waals surface area contributed by atoms with E-state index in [1.807, 2.05) is 42.5 Å². The molecule has 0 radical (unpaired) electrons. The minimum absolute atomic E-state index is 0.224. The summed E-state index contributed by atoms with van der Waals surface area (Å²) in [5.41, 5.74) is 0.220. The predicted octanol–water partition coefficient (Wildman–Crippen LogP) is 2.93. The van der Waals surface area contributed by atoms with Crippen molar-refractivity contribution in [3.05, 3.63) is 104 Å². The van der Waals surface area contributed by atoms with Crippen molar-refractivity contribution in [2.24, 2.45) is 5.10 Å². The standard InChI is InChI=1S/C25H22N4O7/c1-35-19-10-8-17(9-11-19)21-13-20(16-6-4-3-5-7-16)26-28(21)23(30)15-27-14-18(25(32)36-2)12-22(24(27)31)29(33)34/h3-12,14,21H,13,15H2,1-2H3. The van der Waals surface area contributed by atoms with Gasteiger partial charge in [-0.3, -0.25) is 24.3 Å². The summed E-state index contributed by atoms with van der Waals surface area (Å²) in [4.78, 5) is 48.6. The summed E-state index contributed by atoms with van der Waals surface area (Å²) in [5.74, 6) is -0.807. The second kappa shape index (κ2) is 10.2. The van der Waals surface area contributed by atoms with Gasteiger partial charge in [-0.15, -0.1) is 0 Å².